The van der Waals surface area contributed by atoms with Crippen molar-refractivity contribution in [3.8, 4) is 0 Å². The van der Waals surface area contributed by atoms with E-state index in [4.69, 9.17) is 4.74 Å². The molecule has 0 saturated carbocycles. The maximum absolute atomic E-state index is 11.7. The molecule has 0 fully saturated rings. The number of amides is 1. The second-order valence-electron chi connectivity index (χ2n) is 5.52. The van der Waals surface area contributed by atoms with Gasteiger partial charge in [-0.25, -0.2) is 4.79 Å². The Bertz CT molecular complexity index is 480. The number of hydrogen-bond acceptors (Lipinski definition) is 4. The molecule has 1 aromatic carbocycles. The lowest BCUT2D eigenvalue weighted by molar-refractivity contribution is 0.0636. The van der Waals surface area contributed by atoms with Gasteiger partial charge in [0.05, 0.1) is 0 Å². The lowest BCUT2D eigenvalue weighted by atomic mass is 9.76. The SMILES string of the molecule is Cc1cc(C)c(B(O)O)cc1NC(=O)OC(C)(C)C. The quantitative estimate of drug-likeness (QED) is 0.705. The molecule has 0 heterocycles. The second-order valence-corrected chi connectivity index (χ2v) is 5.52. The van der Waals surface area contributed by atoms with Gasteiger partial charge in [-0.2, -0.15) is 0 Å². The molecule has 19 heavy (non-hydrogen) atoms. The van der Waals surface area contributed by atoms with E-state index in [1.165, 1.54) is 0 Å². The molecule has 0 unspecified atom stereocenters. The van der Waals surface area contributed by atoms with Crippen LogP contribution in [0.15, 0.2) is 12.1 Å². The summed E-state index contributed by atoms with van der Waals surface area (Å²) in [4.78, 5) is 11.7. The van der Waals surface area contributed by atoms with Gasteiger partial charge in [0.2, 0.25) is 0 Å². The first-order chi connectivity index (χ1) is 8.60. The summed E-state index contributed by atoms with van der Waals surface area (Å²) in [6.07, 6.45) is -0.571. The highest BCUT2D eigenvalue weighted by molar-refractivity contribution is 6.59. The number of aryl methyl sites for hydroxylation is 2. The standard InChI is InChI=1S/C13H20BNO4/c1-8-6-9(2)11(7-10(8)14(17)18)15-12(16)19-13(3,4)5/h6-7,17-18H,1-5H3,(H,15,16). The van der Waals surface area contributed by atoms with Gasteiger partial charge in [-0.05, 0) is 51.7 Å². The highest BCUT2D eigenvalue weighted by Gasteiger charge is 2.19. The van der Waals surface area contributed by atoms with Crippen LogP contribution in [-0.2, 0) is 4.74 Å². The van der Waals surface area contributed by atoms with Crippen LogP contribution < -0.4 is 10.8 Å². The van der Waals surface area contributed by atoms with E-state index >= 15 is 0 Å². The van der Waals surface area contributed by atoms with Crippen molar-refractivity contribution in [2.45, 2.75) is 40.2 Å². The van der Waals surface area contributed by atoms with E-state index < -0.39 is 18.8 Å². The van der Waals surface area contributed by atoms with Crippen molar-refractivity contribution in [3.63, 3.8) is 0 Å². The van der Waals surface area contributed by atoms with Gasteiger partial charge in [-0.3, -0.25) is 5.32 Å². The van der Waals surface area contributed by atoms with Crippen LogP contribution in [0.4, 0.5) is 10.5 Å². The summed E-state index contributed by atoms with van der Waals surface area (Å²) >= 11 is 0. The highest BCUT2D eigenvalue weighted by atomic mass is 16.6. The van der Waals surface area contributed by atoms with E-state index in [0.29, 0.717) is 11.2 Å². The van der Waals surface area contributed by atoms with E-state index in [1.54, 1.807) is 39.8 Å². The van der Waals surface area contributed by atoms with Crippen LogP contribution in [0.25, 0.3) is 0 Å². The Morgan fingerprint density at radius 3 is 2.26 bits per heavy atom. The molecule has 0 saturated heterocycles. The van der Waals surface area contributed by atoms with Crippen molar-refractivity contribution in [1.82, 2.24) is 0 Å². The third kappa shape index (κ3) is 4.57. The molecule has 1 aromatic rings. The molecule has 0 aliphatic heterocycles. The maximum atomic E-state index is 11.7. The number of carbonyl (C=O) groups excluding carboxylic acids is 1. The normalized spacial score (nSPS) is 11.1. The van der Waals surface area contributed by atoms with Gasteiger partial charge >= 0.3 is 13.2 Å². The van der Waals surface area contributed by atoms with E-state index in [2.05, 4.69) is 5.32 Å². The molecule has 0 aromatic heterocycles. The number of anilines is 1. The Kier molecular flexibility index (Phi) is 4.60. The van der Waals surface area contributed by atoms with Gasteiger partial charge in [-0.1, -0.05) is 11.6 Å². The van der Waals surface area contributed by atoms with E-state index in [-0.39, 0.29) is 0 Å². The summed E-state index contributed by atoms with van der Waals surface area (Å²) in [5.41, 5.74) is 1.86. The van der Waals surface area contributed by atoms with E-state index in [9.17, 15) is 14.8 Å². The fourth-order valence-electron chi connectivity index (χ4n) is 1.70. The van der Waals surface area contributed by atoms with Crippen molar-refractivity contribution in [2.75, 3.05) is 5.32 Å². The topological polar surface area (TPSA) is 78.8 Å². The number of benzene rings is 1. The van der Waals surface area contributed by atoms with Crippen LogP contribution >= 0.6 is 0 Å². The predicted molar refractivity (Wildman–Crippen MR) is 75.6 cm³/mol. The maximum Gasteiger partial charge on any atom is 0.488 e. The third-order valence-electron chi connectivity index (χ3n) is 2.53. The molecule has 3 N–H and O–H groups in total. The fraction of sp³-hybridized carbons (Fsp3) is 0.462. The molecule has 1 amide bonds. The van der Waals surface area contributed by atoms with Crippen molar-refractivity contribution >= 4 is 24.4 Å². The number of carbonyl (C=O) groups is 1. The smallest absolute Gasteiger partial charge is 0.444 e. The first kappa shape index (κ1) is 15.5. The van der Waals surface area contributed by atoms with Crippen LogP contribution in [0.2, 0.25) is 0 Å². The van der Waals surface area contributed by atoms with Crippen molar-refractivity contribution in [2.24, 2.45) is 0 Å². The summed E-state index contributed by atoms with van der Waals surface area (Å²) in [6, 6.07) is 3.32. The Morgan fingerprint density at radius 1 is 1.21 bits per heavy atom. The Labute approximate surface area is 113 Å². The van der Waals surface area contributed by atoms with Crippen molar-refractivity contribution < 1.29 is 19.6 Å². The monoisotopic (exact) mass is 265 g/mol. The number of hydrogen-bond donors (Lipinski definition) is 3. The second kappa shape index (κ2) is 5.63. The Morgan fingerprint density at radius 2 is 1.79 bits per heavy atom. The van der Waals surface area contributed by atoms with Crippen LogP contribution in [0.5, 0.6) is 0 Å². The van der Waals surface area contributed by atoms with Gasteiger partial charge in [0.1, 0.15) is 5.60 Å². The zero-order valence-electron chi connectivity index (χ0n) is 11.9. The van der Waals surface area contributed by atoms with Crippen LogP contribution in [0.1, 0.15) is 31.9 Å². The Balaban J connectivity index is 2.95. The van der Waals surface area contributed by atoms with Crippen molar-refractivity contribution in [1.29, 1.82) is 0 Å². The number of rotatable bonds is 2. The minimum Gasteiger partial charge on any atom is -0.444 e. The molecule has 0 aliphatic rings. The summed E-state index contributed by atoms with van der Waals surface area (Å²) in [7, 11) is -1.57. The molecule has 5 nitrogen and oxygen atoms in total. The molecule has 1 rings (SSSR count). The zero-order chi connectivity index (χ0) is 14.8. The van der Waals surface area contributed by atoms with Gasteiger partial charge in [0, 0.05) is 5.69 Å². The summed E-state index contributed by atoms with van der Waals surface area (Å²) in [6.45, 7) is 8.93. The van der Waals surface area contributed by atoms with Crippen LogP contribution in [0.3, 0.4) is 0 Å². The molecule has 0 atom stereocenters. The molecule has 104 valence electrons. The highest BCUT2D eigenvalue weighted by Crippen LogP contribution is 2.17. The number of nitrogens with one attached hydrogen (secondary N) is 1. The first-order valence-corrected chi connectivity index (χ1v) is 6.07. The van der Waals surface area contributed by atoms with Gasteiger partial charge in [-0.15, -0.1) is 0 Å². The van der Waals surface area contributed by atoms with Gasteiger partial charge < -0.3 is 14.8 Å². The molecular weight excluding hydrogens is 245 g/mol. The lowest BCUT2D eigenvalue weighted by Gasteiger charge is -2.20. The third-order valence-corrected chi connectivity index (χ3v) is 2.53. The van der Waals surface area contributed by atoms with Crippen LogP contribution in [0, 0.1) is 13.8 Å². The molecule has 6 heteroatoms. The fourth-order valence-corrected chi connectivity index (χ4v) is 1.70. The van der Waals surface area contributed by atoms with Gasteiger partial charge in [0.15, 0.2) is 0 Å². The van der Waals surface area contributed by atoms with Gasteiger partial charge in [0.25, 0.3) is 0 Å². The predicted octanol–water partition coefficient (Wildman–Crippen LogP) is 1.33. The minimum atomic E-state index is -1.57. The van der Waals surface area contributed by atoms with Crippen molar-refractivity contribution in [3.05, 3.63) is 23.3 Å². The molecule has 0 radical (unpaired) electrons. The molecule has 0 aliphatic carbocycles. The average molecular weight is 265 g/mol. The summed E-state index contributed by atoms with van der Waals surface area (Å²) < 4.78 is 5.15. The minimum absolute atomic E-state index is 0.358. The summed E-state index contributed by atoms with van der Waals surface area (Å²) in [5.74, 6) is 0. The van der Waals surface area contributed by atoms with E-state index in [1.807, 2.05) is 6.92 Å². The summed E-state index contributed by atoms with van der Waals surface area (Å²) in [5, 5.41) is 21.1. The number of ether oxygens (including phenoxy) is 1. The lowest BCUT2D eigenvalue weighted by Crippen LogP contribution is -2.33. The largest absolute Gasteiger partial charge is 0.488 e. The first-order valence-electron chi connectivity index (χ1n) is 6.07. The average Bonchev–Trinajstić information content (AvgIpc) is 2.18. The molecule has 0 bridgehead atoms. The molecular formula is C13H20BNO4. The zero-order valence-corrected chi connectivity index (χ0v) is 11.9. The van der Waals surface area contributed by atoms with Crippen LogP contribution in [-0.4, -0.2) is 28.9 Å². The Hall–Kier alpha value is -1.53. The van der Waals surface area contributed by atoms with E-state index in [0.717, 1.165) is 11.1 Å². The molecule has 0 spiro atoms.